The number of rotatable bonds is 4. The molecule has 0 unspecified atom stereocenters. The Morgan fingerprint density at radius 2 is 2.12 bits per heavy atom. The fourth-order valence-electron chi connectivity index (χ4n) is 1.79. The number of carbonyl (C=O) groups excluding carboxylic acids is 2. The van der Waals surface area contributed by atoms with E-state index in [0.717, 1.165) is 11.3 Å². The van der Waals surface area contributed by atoms with Crippen LogP contribution in [0.1, 0.15) is 5.56 Å². The lowest BCUT2D eigenvalue weighted by atomic mass is 10.1. The lowest BCUT2D eigenvalue weighted by Crippen LogP contribution is -2.27. The maximum atomic E-state index is 11.4. The number of carbonyl (C=O) groups is 2. The van der Waals surface area contributed by atoms with Crippen LogP contribution in [-0.4, -0.2) is 24.9 Å². The van der Waals surface area contributed by atoms with Crippen molar-refractivity contribution in [3.8, 4) is 0 Å². The molecule has 0 atom stereocenters. The van der Waals surface area contributed by atoms with Crippen molar-refractivity contribution in [2.24, 2.45) is 0 Å². The molecule has 0 bridgehead atoms. The zero-order valence-corrected chi connectivity index (χ0v) is 9.48. The van der Waals surface area contributed by atoms with Crippen LogP contribution < -0.4 is 10.2 Å². The van der Waals surface area contributed by atoms with Gasteiger partial charge in [0.1, 0.15) is 0 Å². The van der Waals surface area contributed by atoms with Crippen molar-refractivity contribution in [2.45, 2.75) is 6.42 Å². The highest BCUT2D eigenvalue weighted by Gasteiger charge is 2.20. The number of benzene rings is 1. The van der Waals surface area contributed by atoms with E-state index in [2.05, 4.69) is 11.9 Å². The molecule has 4 nitrogen and oxygen atoms in total. The minimum atomic E-state index is -0.0695. The summed E-state index contributed by atoms with van der Waals surface area (Å²) in [5, 5.41) is 2.74. The fourth-order valence-corrected chi connectivity index (χ4v) is 1.79. The van der Waals surface area contributed by atoms with E-state index in [1.54, 1.807) is 4.90 Å². The maximum Gasteiger partial charge on any atom is 0.321 e. The second kappa shape index (κ2) is 4.82. The number of nitrogens with one attached hydrogen (secondary N) is 1. The average molecular weight is 230 g/mol. The molecule has 2 rings (SSSR count). The molecule has 1 N–H and O–H groups in total. The largest absolute Gasteiger partial charge is 0.336 e. The van der Waals surface area contributed by atoms with Crippen LogP contribution in [0.5, 0.6) is 0 Å². The van der Waals surface area contributed by atoms with Crippen LogP contribution in [0, 0.1) is 0 Å². The van der Waals surface area contributed by atoms with Crippen molar-refractivity contribution in [2.75, 3.05) is 18.0 Å². The molecule has 1 aliphatic heterocycles. The Morgan fingerprint density at radius 1 is 1.41 bits per heavy atom. The Balaban J connectivity index is 2.10. The van der Waals surface area contributed by atoms with Crippen LogP contribution in [0.25, 0.3) is 0 Å². The first-order valence-electron chi connectivity index (χ1n) is 5.50. The summed E-state index contributed by atoms with van der Waals surface area (Å²) in [5.74, 6) is -0.00309. The Labute approximate surface area is 99.9 Å². The second-order valence-corrected chi connectivity index (χ2v) is 3.90. The first kappa shape index (κ1) is 11.4. The molecule has 0 spiro atoms. The van der Waals surface area contributed by atoms with Crippen LogP contribution >= 0.6 is 0 Å². The molecule has 2 amide bonds. The van der Waals surface area contributed by atoms with Crippen LogP contribution in [0.2, 0.25) is 0 Å². The molecule has 1 heterocycles. The van der Waals surface area contributed by atoms with E-state index in [9.17, 15) is 9.59 Å². The fraction of sp³-hybridized carbons (Fsp3) is 0.231. The summed E-state index contributed by atoms with van der Waals surface area (Å²) >= 11 is 0. The van der Waals surface area contributed by atoms with Gasteiger partial charge in [-0.15, -0.1) is 0 Å². The standard InChI is InChI=1S/C13H14N2O2/c1-2-12(16)9-10-3-5-11(6-4-10)15-8-7-14-13(15)17/h2-6H,1,7-9H2,(H,14,17). The monoisotopic (exact) mass is 230 g/mol. The van der Waals surface area contributed by atoms with Gasteiger partial charge in [-0.25, -0.2) is 4.79 Å². The molecule has 0 radical (unpaired) electrons. The zero-order chi connectivity index (χ0) is 12.3. The summed E-state index contributed by atoms with van der Waals surface area (Å²) in [7, 11) is 0. The smallest absolute Gasteiger partial charge is 0.321 e. The van der Waals surface area contributed by atoms with E-state index in [4.69, 9.17) is 0 Å². The van der Waals surface area contributed by atoms with Gasteiger partial charge in [-0.2, -0.15) is 0 Å². The van der Waals surface area contributed by atoms with E-state index in [1.807, 2.05) is 24.3 Å². The van der Waals surface area contributed by atoms with E-state index in [0.29, 0.717) is 19.5 Å². The lowest BCUT2D eigenvalue weighted by molar-refractivity contribution is -0.114. The predicted molar refractivity (Wildman–Crippen MR) is 66.1 cm³/mol. The summed E-state index contributed by atoms with van der Waals surface area (Å²) in [4.78, 5) is 24.3. The SMILES string of the molecule is C=CC(=O)Cc1ccc(N2CCNC2=O)cc1. The Kier molecular flexibility index (Phi) is 3.23. The zero-order valence-electron chi connectivity index (χ0n) is 9.48. The lowest BCUT2D eigenvalue weighted by Gasteiger charge is -2.14. The number of allylic oxidation sites excluding steroid dienone is 1. The third-order valence-corrected chi connectivity index (χ3v) is 2.71. The van der Waals surface area contributed by atoms with Crippen LogP contribution in [0.15, 0.2) is 36.9 Å². The number of amides is 2. The molecule has 1 saturated heterocycles. The number of anilines is 1. The van der Waals surface area contributed by atoms with Gasteiger partial charge in [-0.1, -0.05) is 18.7 Å². The van der Waals surface area contributed by atoms with Gasteiger partial charge in [0, 0.05) is 25.2 Å². The van der Waals surface area contributed by atoms with Crippen LogP contribution in [-0.2, 0) is 11.2 Å². The first-order valence-corrected chi connectivity index (χ1v) is 5.50. The summed E-state index contributed by atoms with van der Waals surface area (Å²) in [6.45, 7) is 4.80. The molecule has 1 aromatic carbocycles. The quantitative estimate of drug-likeness (QED) is 0.797. The van der Waals surface area contributed by atoms with E-state index in [1.165, 1.54) is 6.08 Å². The Morgan fingerprint density at radius 3 is 2.65 bits per heavy atom. The Bertz CT molecular complexity index is 451. The summed E-state index contributed by atoms with van der Waals surface area (Å²) in [6, 6.07) is 7.37. The molecule has 17 heavy (non-hydrogen) atoms. The van der Waals surface area contributed by atoms with Crippen molar-refractivity contribution >= 4 is 17.5 Å². The van der Waals surface area contributed by atoms with Gasteiger partial charge in [0.25, 0.3) is 0 Å². The molecule has 1 fully saturated rings. The molecule has 88 valence electrons. The third kappa shape index (κ3) is 2.53. The van der Waals surface area contributed by atoms with Crippen LogP contribution in [0.3, 0.4) is 0 Å². The predicted octanol–water partition coefficient (Wildman–Crippen LogP) is 1.51. The van der Waals surface area contributed by atoms with Gasteiger partial charge >= 0.3 is 6.03 Å². The number of hydrogen-bond acceptors (Lipinski definition) is 2. The van der Waals surface area contributed by atoms with E-state index in [-0.39, 0.29) is 11.8 Å². The van der Waals surface area contributed by atoms with E-state index >= 15 is 0 Å². The molecule has 0 aromatic heterocycles. The second-order valence-electron chi connectivity index (χ2n) is 3.90. The van der Waals surface area contributed by atoms with Gasteiger partial charge in [-0.3, -0.25) is 9.69 Å². The first-order chi connectivity index (χ1) is 8.20. The molecule has 1 aromatic rings. The highest BCUT2D eigenvalue weighted by Crippen LogP contribution is 2.17. The van der Waals surface area contributed by atoms with Gasteiger partial charge < -0.3 is 5.32 Å². The molecule has 0 aliphatic carbocycles. The normalized spacial score (nSPS) is 14.6. The van der Waals surface area contributed by atoms with Crippen molar-refractivity contribution < 1.29 is 9.59 Å². The molecular weight excluding hydrogens is 216 g/mol. The molecule has 0 saturated carbocycles. The van der Waals surface area contributed by atoms with E-state index < -0.39 is 0 Å². The number of hydrogen-bond donors (Lipinski definition) is 1. The van der Waals surface area contributed by atoms with Crippen molar-refractivity contribution in [3.05, 3.63) is 42.5 Å². The average Bonchev–Trinajstić information content (AvgIpc) is 2.76. The Hall–Kier alpha value is -2.10. The van der Waals surface area contributed by atoms with Gasteiger partial charge in [0.15, 0.2) is 5.78 Å². The molecular formula is C13H14N2O2. The number of urea groups is 1. The number of ketones is 1. The van der Waals surface area contributed by atoms with Gasteiger partial charge in [0.05, 0.1) is 0 Å². The highest BCUT2D eigenvalue weighted by atomic mass is 16.2. The molecule has 1 aliphatic rings. The minimum Gasteiger partial charge on any atom is -0.336 e. The third-order valence-electron chi connectivity index (χ3n) is 2.71. The molecule has 4 heteroatoms. The van der Waals surface area contributed by atoms with Crippen LogP contribution in [0.4, 0.5) is 10.5 Å². The summed E-state index contributed by atoms with van der Waals surface area (Å²) in [5.41, 5.74) is 1.79. The van der Waals surface area contributed by atoms with Gasteiger partial charge in [-0.05, 0) is 23.8 Å². The van der Waals surface area contributed by atoms with Gasteiger partial charge in [0.2, 0.25) is 0 Å². The topological polar surface area (TPSA) is 49.4 Å². The van der Waals surface area contributed by atoms with Crippen molar-refractivity contribution in [3.63, 3.8) is 0 Å². The highest BCUT2D eigenvalue weighted by molar-refractivity contribution is 5.94. The number of nitrogens with zero attached hydrogens (tertiary/aromatic N) is 1. The summed E-state index contributed by atoms with van der Waals surface area (Å²) < 4.78 is 0. The summed E-state index contributed by atoms with van der Waals surface area (Å²) in [6.07, 6.45) is 1.68. The van der Waals surface area contributed by atoms with Crippen molar-refractivity contribution in [1.82, 2.24) is 5.32 Å². The van der Waals surface area contributed by atoms with Crippen molar-refractivity contribution in [1.29, 1.82) is 0 Å². The minimum absolute atomic E-state index is 0.00309. The maximum absolute atomic E-state index is 11.4.